The largest absolute Gasteiger partial charge is 0.248 e. The summed E-state index contributed by atoms with van der Waals surface area (Å²) in [6.07, 6.45) is 0.686. The standard InChI is InChI=1S/C10H19F2NOS/c1-9(2,3)15(14)13-5-4-8-6-10(11,12)7-8/h8,13H,4-7H2,1-3H3. The summed E-state index contributed by atoms with van der Waals surface area (Å²) in [5.41, 5.74) is 0. The van der Waals surface area contributed by atoms with Gasteiger partial charge in [-0.05, 0) is 33.1 Å². The fourth-order valence-electron chi connectivity index (χ4n) is 1.56. The van der Waals surface area contributed by atoms with Crippen molar-refractivity contribution in [3.05, 3.63) is 0 Å². The molecule has 1 saturated carbocycles. The van der Waals surface area contributed by atoms with Gasteiger partial charge in [-0.25, -0.2) is 17.7 Å². The molecule has 0 heterocycles. The van der Waals surface area contributed by atoms with Crippen LogP contribution in [0.5, 0.6) is 0 Å². The molecule has 1 rings (SSSR count). The van der Waals surface area contributed by atoms with Crippen molar-refractivity contribution >= 4 is 11.0 Å². The predicted molar refractivity (Wildman–Crippen MR) is 58.2 cm³/mol. The Kier molecular flexibility index (Phi) is 3.87. The van der Waals surface area contributed by atoms with Crippen LogP contribution in [-0.4, -0.2) is 21.4 Å². The molecule has 1 fully saturated rings. The van der Waals surface area contributed by atoms with Crippen LogP contribution in [0.15, 0.2) is 0 Å². The first-order valence-corrected chi connectivity index (χ1v) is 6.39. The van der Waals surface area contributed by atoms with E-state index in [1.54, 1.807) is 0 Å². The molecule has 0 radical (unpaired) electrons. The average molecular weight is 239 g/mol. The highest BCUT2D eigenvalue weighted by Gasteiger charge is 2.44. The van der Waals surface area contributed by atoms with Crippen LogP contribution in [0.4, 0.5) is 8.78 Å². The lowest BCUT2D eigenvalue weighted by Gasteiger charge is -2.35. The van der Waals surface area contributed by atoms with Crippen molar-refractivity contribution in [2.75, 3.05) is 6.54 Å². The van der Waals surface area contributed by atoms with Crippen molar-refractivity contribution < 1.29 is 13.0 Å². The van der Waals surface area contributed by atoms with Gasteiger partial charge in [0.15, 0.2) is 0 Å². The Balaban J connectivity index is 2.11. The highest BCUT2D eigenvalue weighted by atomic mass is 32.2. The second-order valence-electron chi connectivity index (χ2n) is 5.19. The second-order valence-corrected chi connectivity index (χ2v) is 7.25. The van der Waals surface area contributed by atoms with Crippen molar-refractivity contribution in [1.82, 2.24) is 4.72 Å². The van der Waals surface area contributed by atoms with Gasteiger partial charge in [-0.3, -0.25) is 0 Å². The van der Waals surface area contributed by atoms with Crippen LogP contribution < -0.4 is 4.72 Å². The molecule has 1 aliphatic rings. The molecule has 0 aromatic heterocycles. The Morgan fingerprint density at radius 2 is 1.93 bits per heavy atom. The summed E-state index contributed by atoms with van der Waals surface area (Å²) in [6.45, 7) is 6.21. The van der Waals surface area contributed by atoms with E-state index in [4.69, 9.17) is 0 Å². The SMILES string of the molecule is CC(C)(C)S(=O)NCCC1CC(F)(F)C1. The quantitative estimate of drug-likeness (QED) is 0.802. The van der Waals surface area contributed by atoms with Crippen LogP contribution >= 0.6 is 0 Å². The van der Waals surface area contributed by atoms with Crippen LogP contribution in [0.25, 0.3) is 0 Å². The van der Waals surface area contributed by atoms with Crippen LogP contribution in [-0.2, 0) is 11.0 Å². The van der Waals surface area contributed by atoms with Crippen LogP contribution in [0.2, 0.25) is 0 Å². The zero-order valence-electron chi connectivity index (χ0n) is 9.48. The second kappa shape index (κ2) is 4.45. The predicted octanol–water partition coefficient (Wildman–Crippen LogP) is 2.47. The molecule has 90 valence electrons. The van der Waals surface area contributed by atoms with Gasteiger partial charge >= 0.3 is 0 Å². The van der Waals surface area contributed by atoms with E-state index in [0.717, 1.165) is 0 Å². The molecule has 0 aromatic rings. The van der Waals surface area contributed by atoms with E-state index in [2.05, 4.69) is 4.72 Å². The topological polar surface area (TPSA) is 29.1 Å². The van der Waals surface area contributed by atoms with Crippen molar-refractivity contribution in [3.8, 4) is 0 Å². The fraction of sp³-hybridized carbons (Fsp3) is 1.00. The Morgan fingerprint density at radius 1 is 1.40 bits per heavy atom. The third-order valence-corrected chi connectivity index (χ3v) is 4.10. The fourth-order valence-corrected chi connectivity index (χ4v) is 2.30. The van der Waals surface area contributed by atoms with Crippen LogP contribution in [0.1, 0.15) is 40.0 Å². The van der Waals surface area contributed by atoms with E-state index in [9.17, 15) is 13.0 Å². The molecule has 1 N–H and O–H groups in total. The minimum Gasteiger partial charge on any atom is -0.242 e. The number of hydrogen-bond acceptors (Lipinski definition) is 1. The Morgan fingerprint density at radius 3 is 2.33 bits per heavy atom. The lowest BCUT2D eigenvalue weighted by atomic mass is 9.79. The summed E-state index contributed by atoms with van der Waals surface area (Å²) < 4.78 is 39.1. The summed E-state index contributed by atoms with van der Waals surface area (Å²) in [5, 5.41) is 0. The van der Waals surface area contributed by atoms with Gasteiger partial charge in [0.05, 0.1) is 15.7 Å². The van der Waals surface area contributed by atoms with E-state index >= 15 is 0 Å². The minimum atomic E-state index is -2.44. The summed E-state index contributed by atoms with van der Waals surface area (Å²) >= 11 is 0. The number of hydrogen-bond donors (Lipinski definition) is 1. The molecule has 0 bridgehead atoms. The van der Waals surface area contributed by atoms with E-state index in [1.165, 1.54) is 0 Å². The molecule has 0 spiro atoms. The van der Waals surface area contributed by atoms with Gasteiger partial charge in [0, 0.05) is 19.4 Å². The molecule has 0 amide bonds. The summed E-state index contributed by atoms with van der Waals surface area (Å²) in [5.74, 6) is -2.34. The van der Waals surface area contributed by atoms with E-state index in [0.29, 0.717) is 13.0 Å². The first-order chi connectivity index (χ1) is 6.71. The Hall–Kier alpha value is -0.0300. The molecular formula is C10H19F2NOS. The van der Waals surface area contributed by atoms with Gasteiger partial charge in [-0.1, -0.05) is 0 Å². The Bertz CT molecular complexity index is 242. The highest BCUT2D eigenvalue weighted by molar-refractivity contribution is 7.84. The summed E-state index contributed by atoms with van der Waals surface area (Å²) in [4.78, 5) is 0. The zero-order valence-corrected chi connectivity index (χ0v) is 10.3. The summed E-state index contributed by atoms with van der Waals surface area (Å²) in [6, 6.07) is 0. The van der Waals surface area contributed by atoms with Crippen LogP contribution in [0, 0.1) is 5.92 Å². The molecule has 15 heavy (non-hydrogen) atoms. The molecule has 1 atom stereocenters. The summed E-state index contributed by atoms with van der Waals surface area (Å²) in [7, 11) is -1.09. The van der Waals surface area contributed by atoms with Crippen molar-refractivity contribution in [1.29, 1.82) is 0 Å². The number of rotatable bonds is 4. The van der Waals surface area contributed by atoms with Gasteiger partial charge in [-0.2, -0.15) is 0 Å². The molecule has 1 unspecified atom stereocenters. The third kappa shape index (κ3) is 4.15. The molecule has 2 nitrogen and oxygen atoms in total. The third-order valence-electron chi connectivity index (χ3n) is 2.52. The number of halogens is 2. The van der Waals surface area contributed by atoms with Gasteiger partial charge in [0.1, 0.15) is 0 Å². The van der Waals surface area contributed by atoms with Gasteiger partial charge in [0.25, 0.3) is 0 Å². The molecule has 0 aromatic carbocycles. The molecule has 0 aliphatic heterocycles. The van der Waals surface area contributed by atoms with E-state index in [-0.39, 0.29) is 23.5 Å². The maximum absolute atomic E-state index is 12.5. The average Bonchev–Trinajstić information content (AvgIpc) is 1.98. The minimum absolute atomic E-state index is 0.00314. The normalized spacial score (nSPS) is 23.5. The van der Waals surface area contributed by atoms with E-state index in [1.807, 2.05) is 20.8 Å². The smallest absolute Gasteiger partial charge is 0.242 e. The lowest BCUT2D eigenvalue weighted by Crippen LogP contribution is -2.39. The Labute approximate surface area is 92.4 Å². The maximum Gasteiger partial charge on any atom is 0.248 e. The maximum atomic E-state index is 12.5. The number of nitrogens with one attached hydrogen (secondary N) is 1. The molecular weight excluding hydrogens is 220 g/mol. The molecule has 0 saturated heterocycles. The molecule has 5 heteroatoms. The van der Waals surface area contributed by atoms with Gasteiger partial charge in [0.2, 0.25) is 5.92 Å². The highest BCUT2D eigenvalue weighted by Crippen LogP contribution is 2.43. The zero-order chi connectivity index (χ0) is 11.7. The van der Waals surface area contributed by atoms with E-state index < -0.39 is 16.9 Å². The van der Waals surface area contributed by atoms with Crippen molar-refractivity contribution in [2.45, 2.75) is 50.7 Å². The first kappa shape index (κ1) is 13.0. The lowest BCUT2D eigenvalue weighted by molar-refractivity contribution is -0.111. The first-order valence-electron chi connectivity index (χ1n) is 5.24. The van der Waals surface area contributed by atoms with Crippen molar-refractivity contribution in [2.24, 2.45) is 5.92 Å². The van der Waals surface area contributed by atoms with Gasteiger partial charge in [-0.15, -0.1) is 0 Å². The van der Waals surface area contributed by atoms with Crippen LogP contribution in [0.3, 0.4) is 0 Å². The number of alkyl halides is 2. The molecule has 1 aliphatic carbocycles. The van der Waals surface area contributed by atoms with Crippen molar-refractivity contribution in [3.63, 3.8) is 0 Å². The monoisotopic (exact) mass is 239 g/mol. The van der Waals surface area contributed by atoms with Gasteiger partial charge < -0.3 is 0 Å².